The molecule has 0 saturated carbocycles. The third-order valence-electron chi connectivity index (χ3n) is 3.31. The van der Waals surface area contributed by atoms with Crippen LogP contribution in [0.25, 0.3) is 0 Å². The molecule has 7 heteroatoms. The molecule has 0 aromatic carbocycles. The lowest BCUT2D eigenvalue weighted by atomic mass is 10.1. The minimum absolute atomic E-state index is 0.285. The summed E-state index contributed by atoms with van der Waals surface area (Å²) in [6.07, 6.45) is 0.501. The van der Waals surface area contributed by atoms with Crippen molar-refractivity contribution in [3.05, 3.63) is 0 Å². The number of nitrogens with one attached hydrogen (secondary N) is 1. The average molecular weight is 285 g/mol. The second kappa shape index (κ2) is 7.12. The summed E-state index contributed by atoms with van der Waals surface area (Å²) >= 11 is 0. The number of urea groups is 1. The highest BCUT2D eigenvalue weighted by Gasteiger charge is 2.35. The standard InChI is InChI=1S/C13H23N3O4/c1-9(2)4-6-15(3)13(20)16-7-5-14-12(19)10(16)8-11(17)18/h9-10H,4-8H2,1-3H3,(H,14,19)(H,17,18). The van der Waals surface area contributed by atoms with Gasteiger partial charge in [-0.05, 0) is 12.3 Å². The predicted octanol–water partition coefficient (Wildman–Crippen LogP) is 0.359. The fourth-order valence-corrected chi connectivity index (χ4v) is 2.08. The minimum Gasteiger partial charge on any atom is -0.481 e. The van der Waals surface area contributed by atoms with E-state index in [1.54, 1.807) is 11.9 Å². The number of amides is 3. The van der Waals surface area contributed by atoms with Crippen LogP contribution in [-0.4, -0.2) is 65.5 Å². The fourth-order valence-electron chi connectivity index (χ4n) is 2.08. The van der Waals surface area contributed by atoms with Crippen LogP contribution in [0.5, 0.6) is 0 Å². The topological polar surface area (TPSA) is 90.0 Å². The Morgan fingerprint density at radius 1 is 1.50 bits per heavy atom. The van der Waals surface area contributed by atoms with Crippen molar-refractivity contribution in [1.29, 1.82) is 0 Å². The number of carbonyl (C=O) groups is 3. The van der Waals surface area contributed by atoms with Crippen LogP contribution in [0, 0.1) is 5.92 Å². The predicted molar refractivity (Wildman–Crippen MR) is 73.2 cm³/mol. The molecule has 0 aliphatic carbocycles. The molecular formula is C13H23N3O4. The number of aliphatic carboxylic acids is 1. The number of carbonyl (C=O) groups excluding carboxylic acids is 2. The van der Waals surface area contributed by atoms with E-state index in [4.69, 9.17) is 5.11 Å². The molecule has 2 N–H and O–H groups in total. The zero-order valence-corrected chi connectivity index (χ0v) is 12.3. The van der Waals surface area contributed by atoms with Crippen LogP contribution in [-0.2, 0) is 9.59 Å². The lowest BCUT2D eigenvalue weighted by Gasteiger charge is -2.36. The van der Waals surface area contributed by atoms with E-state index < -0.39 is 17.9 Å². The maximum Gasteiger partial charge on any atom is 0.320 e. The van der Waals surface area contributed by atoms with Crippen LogP contribution in [0.4, 0.5) is 4.79 Å². The highest BCUT2D eigenvalue weighted by Crippen LogP contribution is 2.12. The second-order valence-corrected chi connectivity index (χ2v) is 5.48. The first-order valence-corrected chi connectivity index (χ1v) is 6.84. The van der Waals surface area contributed by atoms with E-state index >= 15 is 0 Å². The number of carboxylic acids is 1. The first kappa shape index (κ1) is 16.3. The molecule has 114 valence electrons. The van der Waals surface area contributed by atoms with Gasteiger partial charge >= 0.3 is 12.0 Å². The zero-order valence-electron chi connectivity index (χ0n) is 12.3. The molecule has 0 spiro atoms. The SMILES string of the molecule is CC(C)CCN(C)C(=O)N1CCNC(=O)C1CC(=O)O. The molecule has 1 aliphatic heterocycles. The number of hydrogen-bond donors (Lipinski definition) is 2. The molecule has 0 aromatic rings. The lowest BCUT2D eigenvalue weighted by Crippen LogP contribution is -2.60. The van der Waals surface area contributed by atoms with Gasteiger partial charge in [-0.1, -0.05) is 13.8 Å². The van der Waals surface area contributed by atoms with Crippen molar-refractivity contribution in [2.24, 2.45) is 5.92 Å². The van der Waals surface area contributed by atoms with E-state index in [0.717, 1.165) is 6.42 Å². The summed E-state index contributed by atoms with van der Waals surface area (Å²) in [5.41, 5.74) is 0. The second-order valence-electron chi connectivity index (χ2n) is 5.48. The Hall–Kier alpha value is -1.79. The molecular weight excluding hydrogens is 262 g/mol. The fraction of sp³-hybridized carbons (Fsp3) is 0.769. The number of rotatable bonds is 5. The molecule has 1 fully saturated rings. The third kappa shape index (κ3) is 4.40. The summed E-state index contributed by atoms with van der Waals surface area (Å²) in [7, 11) is 1.68. The van der Waals surface area contributed by atoms with Crippen LogP contribution >= 0.6 is 0 Å². The molecule has 1 unspecified atom stereocenters. The highest BCUT2D eigenvalue weighted by molar-refractivity contribution is 5.91. The average Bonchev–Trinajstić information content (AvgIpc) is 2.37. The molecule has 20 heavy (non-hydrogen) atoms. The van der Waals surface area contributed by atoms with Crippen LogP contribution in [0.15, 0.2) is 0 Å². The quantitative estimate of drug-likeness (QED) is 0.763. The Labute approximate surface area is 118 Å². The van der Waals surface area contributed by atoms with E-state index in [9.17, 15) is 14.4 Å². The van der Waals surface area contributed by atoms with Gasteiger partial charge in [-0.25, -0.2) is 4.79 Å². The molecule has 0 aromatic heterocycles. The van der Waals surface area contributed by atoms with Crippen molar-refractivity contribution >= 4 is 17.9 Å². The molecule has 1 atom stereocenters. The van der Waals surface area contributed by atoms with Crippen LogP contribution in [0.1, 0.15) is 26.7 Å². The van der Waals surface area contributed by atoms with Crippen molar-refractivity contribution in [1.82, 2.24) is 15.1 Å². The molecule has 1 rings (SSSR count). The van der Waals surface area contributed by atoms with Crippen molar-refractivity contribution in [2.45, 2.75) is 32.7 Å². The van der Waals surface area contributed by atoms with Gasteiger partial charge in [0.25, 0.3) is 0 Å². The largest absolute Gasteiger partial charge is 0.481 e. The number of hydrogen-bond acceptors (Lipinski definition) is 3. The summed E-state index contributed by atoms with van der Waals surface area (Å²) < 4.78 is 0. The summed E-state index contributed by atoms with van der Waals surface area (Å²) in [5.74, 6) is -1.01. The molecule has 1 saturated heterocycles. The van der Waals surface area contributed by atoms with Gasteiger partial charge in [0.2, 0.25) is 5.91 Å². The van der Waals surface area contributed by atoms with Gasteiger partial charge in [0.05, 0.1) is 6.42 Å². The van der Waals surface area contributed by atoms with E-state index in [0.29, 0.717) is 25.6 Å². The number of nitrogens with zero attached hydrogens (tertiary/aromatic N) is 2. The first-order chi connectivity index (χ1) is 9.32. The maximum absolute atomic E-state index is 12.3. The van der Waals surface area contributed by atoms with E-state index in [1.807, 2.05) is 0 Å². The number of carboxylic acid groups (broad SMARTS) is 1. The van der Waals surface area contributed by atoms with Gasteiger partial charge in [0.15, 0.2) is 0 Å². The Morgan fingerprint density at radius 2 is 2.15 bits per heavy atom. The number of piperazine rings is 1. The van der Waals surface area contributed by atoms with Gasteiger partial charge in [-0.15, -0.1) is 0 Å². The maximum atomic E-state index is 12.3. The van der Waals surface area contributed by atoms with Crippen molar-refractivity contribution < 1.29 is 19.5 Å². The first-order valence-electron chi connectivity index (χ1n) is 6.84. The smallest absolute Gasteiger partial charge is 0.320 e. The van der Waals surface area contributed by atoms with Crippen molar-refractivity contribution in [2.75, 3.05) is 26.7 Å². The Morgan fingerprint density at radius 3 is 2.70 bits per heavy atom. The molecule has 0 radical (unpaired) electrons. The van der Waals surface area contributed by atoms with Crippen LogP contribution < -0.4 is 5.32 Å². The minimum atomic E-state index is -1.09. The van der Waals surface area contributed by atoms with Gasteiger partial charge in [0, 0.05) is 26.7 Å². The normalized spacial score (nSPS) is 18.9. The Balaban J connectivity index is 2.71. The van der Waals surface area contributed by atoms with E-state index in [-0.39, 0.29) is 12.5 Å². The summed E-state index contributed by atoms with van der Waals surface area (Å²) in [4.78, 5) is 37.8. The third-order valence-corrected chi connectivity index (χ3v) is 3.31. The highest BCUT2D eigenvalue weighted by atomic mass is 16.4. The van der Waals surface area contributed by atoms with E-state index in [1.165, 1.54) is 4.90 Å². The molecule has 7 nitrogen and oxygen atoms in total. The summed E-state index contributed by atoms with van der Waals surface area (Å²) in [6, 6.07) is -1.21. The monoisotopic (exact) mass is 285 g/mol. The van der Waals surface area contributed by atoms with Gasteiger partial charge in [0.1, 0.15) is 6.04 Å². The van der Waals surface area contributed by atoms with Crippen molar-refractivity contribution in [3.8, 4) is 0 Å². The lowest BCUT2D eigenvalue weighted by molar-refractivity contribution is -0.142. The van der Waals surface area contributed by atoms with Gasteiger partial charge < -0.3 is 20.2 Å². The zero-order chi connectivity index (χ0) is 15.3. The Kier molecular flexibility index (Phi) is 5.79. The van der Waals surface area contributed by atoms with E-state index in [2.05, 4.69) is 19.2 Å². The van der Waals surface area contributed by atoms with Gasteiger partial charge in [-0.2, -0.15) is 0 Å². The molecule has 3 amide bonds. The Bertz CT molecular complexity index is 384. The summed E-state index contributed by atoms with van der Waals surface area (Å²) in [6.45, 7) is 5.43. The van der Waals surface area contributed by atoms with Gasteiger partial charge in [-0.3, -0.25) is 9.59 Å². The summed E-state index contributed by atoms with van der Waals surface area (Å²) in [5, 5.41) is 11.5. The molecule has 0 bridgehead atoms. The molecule has 1 heterocycles. The van der Waals surface area contributed by atoms with Crippen molar-refractivity contribution in [3.63, 3.8) is 0 Å². The van der Waals surface area contributed by atoms with Crippen LogP contribution in [0.3, 0.4) is 0 Å². The van der Waals surface area contributed by atoms with Crippen LogP contribution in [0.2, 0.25) is 0 Å². The molecule has 1 aliphatic rings.